The summed E-state index contributed by atoms with van der Waals surface area (Å²) in [6.45, 7) is 0.383. The van der Waals surface area contributed by atoms with Gasteiger partial charge in [-0.3, -0.25) is 4.79 Å². The SMILES string of the molecule is NC(=O)COC(=O)c1cc(S(=O)(=O)N2CCCCC2)ccc1Br. The molecule has 0 aliphatic carbocycles. The second-order valence-corrected chi connectivity index (χ2v) is 7.94. The average molecular weight is 405 g/mol. The normalized spacial score (nSPS) is 16.0. The van der Waals surface area contributed by atoms with Gasteiger partial charge >= 0.3 is 5.97 Å². The van der Waals surface area contributed by atoms with Gasteiger partial charge in [0.1, 0.15) is 0 Å². The molecule has 23 heavy (non-hydrogen) atoms. The van der Waals surface area contributed by atoms with Gasteiger partial charge in [-0.15, -0.1) is 0 Å². The smallest absolute Gasteiger partial charge is 0.339 e. The van der Waals surface area contributed by atoms with Crippen LogP contribution in [0.25, 0.3) is 0 Å². The maximum absolute atomic E-state index is 12.6. The van der Waals surface area contributed by atoms with E-state index in [1.807, 2.05) is 0 Å². The molecular formula is C14H17BrN2O5S. The predicted octanol–water partition coefficient (Wildman–Crippen LogP) is 1.27. The second-order valence-electron chi connectivity index (χ2n) is 5.15. The van der Waals surface area contributed by atoms with Crippen molar-refractivity contribution in [1.82, 2.24) is 4.31 Å². The first-order chi connectivity index (χ1) is 10.8. The highest BCUT2D eigenvalue weighted by Gasteiger charge is 2.27. The summed E-state index contributed by atoms with van der Waals surface area (Å²) < 4.78 is 31.8. The topological polar surface area (TPSA) is 107 Å². The highest BCUT2D eigenvalue weighted by Crippen LogP contribution is 2.25. The predicted molar refractivity (Wildman–Crippen MR) is 86.2 cm³/mol. The van der Waals surface area contributed by atoms with Crippen molar-refractivity contribution < 1.29 is 22.7 Å². The van der Waals surface area contributed by atoms with Crippen molar-refractivity contribution in [2.45, 2.75) is 24.2 Å². The highest BCUT2D eigenvalue weighted by atomic mass is 79.9. The zero-order chi connectivity index (χ0) is 17.0. The molecular weight excluding hydrogens is 388 g/mol. The Bertz CT molecular complexity index is 714. The lowest BCUT2D eigenvalue weighted by Crippen LogP contribution is -2.35. The van der Waals surface area contributed by atoms with Gasteiger partial charge in [0, 0.05) is 17.6 Å². The molecule has 1 amide bonds. The van der Waals surface area contributed by atoms with E-state index < -0.39 is 28.5 Å². The largest absolute Gasteiger partial charge is 0.452 e. The van der Waals surface area contributed by atoms with Crippen LogP contribution in [0.4, 0.5) is 0 Å². The van der Waals surface area contributed by atoms with E-state index in [1.165, 1.54) is 22.5 Å². The van der Waals surface area contributed by atoms with Gasteiger partial charge in [-0.05, 0) is 47.0 Å². The fourth-order valence-corrected chi connectivity index (χ4v) is 4.24. The molecule has 7 nitrogen and oxygen atoms in total. The molecule has 9 heteroatoms. The highest BCUT2D eigenvalue weighted by molar-refractivity contribution is 9.10. The summed E-state index contributed by atoms with van der Waals surface area (Å²) >= 11 is 3.18. The molecule has 0 atom stereocenters. The molecule has 1 saturated heterocycles. The quantitative estimate of drug-likeness (QED) is 0.743. The minimum atomic E-state index is -3.65. The molecule has 1 aromatic carbocycles. The van der Waals surface area contributed by atoms with Crippen LogP contribution in [0.5, 0.6) is 0 Å². The lowest BCUT2D eigenvalue weighted by Gasteiger charge is -2.26. The third kappa shape index (κ3) is 4.30. The van der Waals surface area contributed by atoms with E-state index in [9.17, 15) is 18.0 Å². The summed E-state index contributed by atoms with van der Waals surface area (Å²) in [6.07, 6.45) is 2.66. The number of rotatable bonds is 5. The van der Waals surface area contributed by atoms with Crippen LogP contribution in [-0.4, -0.2) is 44.3 Å². The summed E-state index contributed by atoms with van der Waals surface area (Å²) in [5.74, 6) is -1.60. The van der Waals surface area contributed by atoms with Crippen molar-refractivity contribution in [3.05, 3.63) is 28.2 Å². The first kappa shape index (κ1) is 17.9. The van der Waals surface area contributed by atoms with Crippen molar-refractivity contribution in [3.8, 4) is 0 Å². The van der Waals surface area contributed by atoms with E-state index in [0.29, 0.717) is 17.6 Å². The van der Waals surface area contributed by atoms with Gasteiger partial charge in [-0.25, -0.2) is 13.2 Å². The second kappa shape index (κ2) is 7.41. The maximum Gasteiger partial charge on any atom is 0.339 e. The lowest BCUT2D eigenvalue weighted by atomic mass is 10.2. The molecule has 1 fully saturated rings. The van der Waals surface area contributed by atoms with E-state index in [1.54, 1.807) is 0 Å². The molecule has 1 aliphatic heterocycles. The molecule has 2 rings (SSSR count). The number of nitrogens with two attached hydrogens (primary N) is 1. The Balaban J connectivity index is 2.28. The van der Waals surface area contributed by atoms with E-state index in [-0.39, 0.29) is 10.5 Å². The number of benzene rings is 1. The summed E-state index contributed by atoms with van der Waals surface area (Å²) in [6, 6.07) is 4.15. The van der Waals surface area contributed by atoms with Crippen LogP contribution in [0.15, 0.2) is 27.6 Å². The number of nitrogens with zero attached hydrogens (tertiary/aromatic N) is 1. The number of sulfonamides is 1. The monoisotopic (exact) mass is 404 g/mol. The summed E-state index contributed by atoms with van der Waals surface area (Å²) in [5.41, 5.74) is 4.95. The van der Waals surface area contributed by atoms with E-state index >= 15 is 0 Å². The van der Waals surface area contributed by atoms with Gasteiger partial charge < -0.3 is 10.5 Å². The number of hydrogen-bond donors (Lipinski definition) is 1. The Morgan fingerprint density at radius 2 is 1.87 bits per heavy atom. The zero-order valence-corrected chi connectivity index (χ0v) is 14.7. The first-order valence-electron chi connectivity index (χ1n) is 7.07. The molecule has 2 N–H and O–H groups in total. The van der Waals surface area contributed by atoms with Crippen molar-refractivity contribution in [2.75, 3.05) is 19.7 Å². The van der Waals surface area contributed by atoms with Crippen LogP contribution in [0.3, 0.4) is 0 Å². The molecule has 126 valence electrons. The van der Waals surface area contributed by atoms with Crippen LogP contribution >= 0.6 is 15.9 Å². The standard InChI is InChI=1S/C14H17BrN2O5S/c15-12-5-4-10(8-11(12)14(19)22-9-13(16)18)23(20,21)17-6-2-1-3-7-17/h4-5,8H,1-3,6-7,9H2,(H2,16,18). The number of carbonyl (C=O) groups is 2. The minimum absolute atomic E-state index is 0.0219. The van der Waals surface area contributed by atoms with Gasteiger partial charge in [0.2, 0.25) is 10.0 Å². The van der Waals surface area contributed by atoms with Gasteiger partial charge in [0.15, 0.2) is 6.61 Å². The number of ether oxygens (including phenoxy) is 1. The number of primary amides is 1. The van der Waals surface area contributed by atoms with Gasteiger partial charge in [0.25, 0.3) is 5.91 Å². The average Bonchev–Trinajstić information content (AvgIpc) is 2.53. The number of piperidine rings is 1. The third-order valence-corrected chi connectivity index (χ3v) is 6.04. The number of halogens is 1. The molecule has 0 radical (unpaired) electrons. The maximum atomic E-state index is 12.6. The Kier molecular flexibility index (Phi) is 5.77. The van der Waals surface area contributed by atoms with E-state index in [4.69, 9.17) is 10.5 Å². The first-order valence-corrected chi connectivity index (χ1v) is 9.31. The minimum Gasteiger partial charge on any atom is -0.452 e. The molecule has 0 aromatic heterocycles. The molecule has 1 aliphatic rings. The van der Waals surface area contributed by atoms with Crippen LogP contribution in [0.2, 0.25) is 0 Å². The van der Waals surface area contributed by atoms with Crippen molar-refractivity contribution in [1.29, 1.82) is 0 Å². The fraction of sp³-hybridized carbons (Fsp3) is 0.429. The van der Waals surface area contributed by atoms with Crippen LogP contribution in [0.1, 0.15) is 29.6 Å². The number of hydrogen-bond acceptors (Lipinski definition) is 5. The molecule has 1 heterocycles. The fourth-order valence-electron chi connectivity index (χ4n) is 2.29. The van der Waals surface area contributed by atoms with Crippen molar-refractivity contribution >= 4 is 37.8 Å². The Hall–Kier alpha value is -1.45. The molecule has 0 saturated carbocycles. The van der Waals surface area contributed by atoms with Crippen LogP contribution in [0, 0.1) is 0 Å². The van der Waals surface area contributed by atoms with Crippen molar-refractivity contribution in [2.24, 2.45) is 5.73 Å². The summed E-state index contributed by atoms with van der Waals surface area (Å²) in [4.78, 5) is 22.7. The van der Waals surface area contributed by atoms with Gasteiger partial charge in [-0.1, -0.05) is 6.42 Å². The Morgan fingerprint density at radius 3 is 2.48 bits per heavy atom. The van der Waals surface area contributed by atoms with E-state index in [2.05, 4.69) is 15.9 Å². The van der Waals surface area contributed by atoms with Crippen LogP contribution < -0.4 is 5.73 Å². The van der Waals surface area contributed by atoms with Crippen LogP contribution in [-0.2, 0) is 19.6 Å². The Labute approximate surface area is 143 Å². The number of carbonyl (C=O) groups excluding carboxylic acids is 2. The van der Waals surface area contributed by atoms with Gasteiger partial charge in [0.05, 0.1) is 10.5 Å². The number of amides is 1. The lowest BCUT2D eigenvalue weighted by molar-refractivity contribution is -0.121. The molecule has 1 aromatic rings. The summed E-state index contributed by atoms with van der Waals surface area (Å²) in [7, 11) is -3.65. The number of esters is 1. The summed E-state index contributed by atoms with van der Waals surface area (Å²) in [5, 5.41) is 0. The molecule has 0 spiro atoms. The van der Waals surface area contributed by atoms with E-state index in [0.717, 1.165) is 19.3 Å². The van der Waals surface area contributed by atoms with Crippen molar-refractivity contribution in [3.63, 3.8) is 0 Å². The molecule has 0 unspecified atom stereocenters. The third-order valence-electron chi connectivity index (χ3n) is 3.46. The van der Waals surface area contributed by atoms with Gasteiger partial charge in [-0.2, -0.15) is 4.31 Å². The molecule has 0 bridgehead atoms. The Morgan fingerprint density at radius 1 is 1.22 bits per heavy atom. The zero-order valence-electron chi connectivity index (χ0n) is 12.3.